The molecule has 1 amide bonds. The summed E-state index contributed by atoms with van der Waals surface area (Å²) in [5.41, 5.74) is 2.32. The molecule has 4 aromatic rings. The highest BCUT2D eigenvalue weighted by molar-refractivity contribution is 5.99. The number of nitrogens with one attached hydrogen (secondary N) is 2. The fraction of sp³-hybridized carbons (Fsp3) is 0.333. The Morgan fingerprint density at radius 2 is 2.16 bits per heavy atom. The molecule has 2 atom stereocenters. The van der Waals surface area contributed by atoms with Gasteiger partial charge in [-0.2, -0.15) is 0 Å². The van der Waals surface area contributed by atoms with Crippen LogP contribution in [0.3, 0.4) is 0 Å². The van der Waals surface area contributed by atoms with Gasteiger partial charge in [0.15, 0.2) is 0 Å². The molecule has 0 aliphatic heterocycles. The van der Waals surface area contributed by atoms with Gasteiger partial charge in [-0.1, -0.05) is 13.8 Å². The maximum Gasteiger partial charge on any atom is 0.242 e. The highest BCUT2D eigenvalue weighted by Crippen LogP contribution is 2.34. The molecule has 3 N–H and O–H groups in total. The van der Waals surface area contributed by atoms with Gasteiger partial charge in [0, 0.05) is 45.9 Å². The number of rotatable bonds is 7. The van der Waals surface area contributed by atoms with Gasteiger partial charge in [-0.05, 0) is 49.7 Å². The third-order valence-corrected chi connectivity index (χ3v) is 6.05. The summed E-state index contributed by atoms with van der Waals surface area (Å²) < 4.78 is 7.32. The van der Waals surface area contributed by atoms with Crippen molar-refractivity contribution < 1.29 is 14.6 Å². The highest BCUT2D eigenvalue weighted by Gasteiger charge is 2.29. The average molecular weight is 421 g/mol. The molecule has 0 spiro atoms. The van der Waals surface area contributed by atoms with Crippen molar-refractivity contribution >= 4 is 27.8 Å². The molecular formula is C24H28N4O3. The van der Waals surface area contributed by atoms with Gasteiger partial charge in [-0.25, -0.2) is 4.98 Å². The van der Waals surface area contributed by atoms with Crippen LogP contribution < -0.4 is 10.1 Å². The summed E-state index contributed by atoms with van der Waals surface area (Å²) in [5.74, 6) is 0.435. The first-order valence-corrected chi connectivity index (χ1v) is 10.5. The van der Waals surface area contributed by atoms with Gasteiger partial charge in [-0.15, -0.1) is 0 Å². The predicted octanol–water partition coefficient (Wildman–Crippen LogP) is 4.06. The lowest BCUT2D eigenvalue weighted by Gasteiger charge is -2.30. The topological polar surface area (TPSA) is 92.2 Å². The number of aliphatic hydroxyl groups is 1. The maximum atomic E-state index is 12.8. The molecule has 3 aromatic heterocycles. The number of carbonyl (C=O) groups is 1. The van der Waals surface area contributed by atoms with Crippen LogP contribution in [0, 0.1) is 5.92 Å². The SMILES string of the molecule is CCC(C)C(C)(O)NC(=O)Cn1cc(-c2cc3cccnc3[nH]2)c2cc(OC)ccc21. The number of amides is 1. The molecule has 3 heterocycles. The molecule has 0 fully saturated rings. The van der Waals surface area contributed by atoms with Crippen LogP contribution in [0.15, 0.2) is 48.8 Å². The second kappa shape index (κ2) is 8.07. The predicted molar refractivity (Wildman–Crippen MR) is 122 cm³/mol. The normalized spacial score (nSPS) is 14.5. The van der Waals surface area contributed by atoms with Crippen LogP contribution in [0.4, 0.5) is 0 Å². The fourth-order valence-electron chi connectivity index (χ4n) is 3.85. The molecule has 0 aliphatic carbocycles. The van der Waals surface area contributed by atoms with Crippen molar-refractivity contribution in [2.45, 2.75) is 39.5 Å². The summed E-state index contributed by atoms with van der Waals surface area (Å²) >= 11 is 0. The zero-order valence-corrected chi connectivity index (χ0v) is 18.3. The molecule has 0 saturated carbocycles. The number of pyridine rings is 1. The maximum absolute atomic E-state index is 12.8. The first-order chi connectivity index (χ1) is 14.8. The minimum atomic E-state index is -1.26. The summed E-state index contributed by atoms with van der Waals surface area (Å²) in [5, 5.41) is 15.4. The van der Waals surface area contributed by atoms with E-state index in [2.05, 4.69) is 21.4 Å². The van der Waals surface area contributed by atoms with Gasteiger partial charge in [0.1, 0.15) is 23.7 Å². The largest absolute Gasteiger partial charge is 0.497 e. The third kappa shape index (κ3) is 4.01. The third-order valence-electron chi connectivity index (χ3n) is 6.05. The number of hydrogen-bond donors (Lipinski definition) is 3. The number of methoxy groups -OCH3 is 1. The number of H-pyrrole nitrogens is 1. The first kappa shape index (κ1) is 20.9. The summed E-state index contributed by atoms with van der Waals surface area (Å²) in [6.07, 6.45) is 4.47. The monoisotopic (exact) mass is 420 g/mol. The van der Waals surface area contributed by atoms with Gasteiger partial charge in [0.25, 0.3) is 0 Å². The van der Waals surface area contributed by atoms with E-state index in [9.17, 15) is 9.90 Å². The lowest BCUT2D eigenvalue weighted by Crippen LogP contribution is -2.51. The van der Waals surface area contributed by atoms with Crippen molar-refractivity contribution in [3.63, 3.8) is 0 Å². The molecule has 0 radical (unpaired) electrons. The van der Waals surface area contributed by atoms with Crippen LogP contribution in [0.25, 0.3) is 33.2 Å². The number of nitrogens with zero attached hydrogens (tertiary/aromatic N) is 2. The number of aromatic nitrogens is 3. The van der Waals surface area contributed by atoms with Crippen LogP contribution >= 0.6 is 0 Å². The van der Waals surface area contributed by atoms with Gasteiger partial charge in [0.05, 0.1) is 7.11 Å². The minimum absolute atomic E-state index is 0.0588. The van der Waals surface area contributed by atoms with E-state index in [1.54, 1.807) is 20.2 Å². The van der Waals surface area contributed by atoms with Crippen molar-refractivity contribution in [2.75, 3.05) is 7.11 Å². The van der Waals surface area contributed by atoms with Gasteiger partial charge < -0.3 is 24.7 Å². The first-order valence-electron chi connectivity index (χ1n) is 10.5. The van der Waals surface area contributed by atoms with Gasteiger partial charge in [-0.3, -0.25) is 4.79 Å². The van der Waals surface area contributed by atoms with E-state index >= 15 is 0 Å². The Labute approximate surface area is 181 Å². The number of benzene rings is 1. The summed E-state index contributed by atoms with van der Waals surface area (Å²) in [7, 11) is 1.63. The molecule has 0 bridgehead atoms. The number of hydrogen-bond acceptors (Lipinski definition) is 4. The Balaban J connectivity index is 1.74. The number of fused-ring (bicyclic) bond motifs is 2. The highest BCUT2D eigenvalue weighted by atomic mass is 16.5. The molecule has 7 heteroatoms. The Hall–Kier alpha value is -3.32. The van der Waals surface area contributed by atoms with Crippen LogP contribution in [-0.4, -0.2) is 38.4 Å². The molecule has 1 aromatic carbocycles. The quantitative estimate of drug-likeness (QED) is 0.393. The van der Waals surface area contributed by atoms with Crippen LogP contribution in [0.5, 0.6) is 5.75 Å². The standard InChI is InChI=1S/C24H28N4O3/c1-5-15(2)24(3,30)27-22(29)14-28-13-19(18-12-17(31-4)8-9-21(18)28)20-11-16-7-6-10-25-23(16)26-20/h6-13,15,30H,5,14H2,1-4H3,(H,25,26)(H,27,29). The molecule has 162 valence electrons. The van der Waals surface area contributed by atoms with E-state index in [4.69, 9.17) is 4.74 Å². The van der Waals surface area contributed by atoms with E-state index in [-0.39, 0.29) is 18.4 Å². The van der Waals surface area contributed by atoms with Crippen molar-refractivity contribution in [1.29, 1.82) is 0 Å². The van der Waals surface area contributed by atoms with Crippen LogP contribution in [0.1, 0.15) is 27.2 Å². The molecule has 0 aliphatic rings. The van der Waals surface area contributed by atoms with Crippen molar-refractivity contribution in [3.05, 3.63) is 48.8 Å². The Morgan fingerprint density at radius 1 is 1.35 bits per heavy atom. The second-order valence-electron chi connectivity index (χ2n) is 8.18. The smallest absolute Gasteiger partial charge is 0.242 e. The molecular weight excluding hydrogens is 392 g/mol. The molecule has 4 rings (SSSR count). The lowest BCUT2D eigenvalue weighted by atomic mass is 9.97. The fourth-order valence-corrected chi connectivity index (χ4v) is 3.85. The lowest BCUT2D eigenvalue weighted by molar-refractivity contribution is -0.131. The van der Waals surface area contributed by atoms with Crippen molar-refractivity contribution in [2.24, 2.45) is 5.92 Å². The second-order valence-corrected chi connectivity index (χ2v) is 8.18. The Morgan fingerprint density at radius 3 is 2.87 bits per heavy atom. The van der Waals surface area contributed by atoms with E-state index in [0.29, 0.717) is 0 Å². The number of carbonyl (C=O) groups excluding carboxylic acids is 1. The van der Waals surface area contributed by atoms with E-state index in [1.165, 1.54) is 0 Å². The van der Waals surface area contributed by atoms with Crippen molar-refractivity contribution in [3.8, 4) is 17.0 Å². The molecule has 7 nitrogen and oxygen atoms in total. The Bertz CT molecular complexity index is 1210. The summed E-state index contributed by atoms with van der Waals surface area (Å²) in [6, 6.07) is 11.7. The van der Waals surface area contributed by atoms with Gasteiger partial charge >= 0.3 is 0 Å². The molecule has 0 saturated heterocycles. The minimum Gasteiger partial charge on any atom is -0.497 e. The molecule has 31 heavy (non-hydrogen) atoms. The van der Waals surface area contributed by atoms with Crippen molar-refractivity contribution in [1.82, 2.24) is 19.9 Å². The zero-order chi connectivity index (χ0) is 22.2. The molecule has 2 unspecified atom stereocenters. The van der Waals surface area contributed by atoms with Crippen LogP contribution in [-0.2, 0) is 11.3 Å². The zero-order valence-electron chi connectivity index (χ0n) is 18.3. The number of aromatic amines is 1. The van der Waals surface area contributed by atoms with E-state index in [0.717, 1.165) is 45.4 Å². The van der Waals surface area contributed by atoms with Gasteiger partial charge in [0.2, 0.25) is 5.91 Å². The summed E-state index contributed by atoms with van der Waals surface area (Å²) in [4.78, 5) is 20.5. The van der Waals surface area contributed by atoms with E-state index in [1.807, 2.05) is 54.9 Å². The van der Waals surface area contributed by atoms with E-state index < -0.39 is 5.72 Å². The Kier molecular flexibility index (Phi) is 5.45. The average Bonchev–Trinajstić information content (AvgIpc) is 3.33. The number of ether oxygens (including phenoxy) is 1. The summed E-state index contributed by atoms with van der Waals surface area (Å²) in [6.45, 7) is 5.63. The van der Waals surface area contributed by atoms with Crippen LogP contribution in [0.2, 0.25) is 0 Å².